The highest BCUT2D eigenvalue weighted by Gasteiger charge is 2.31. The summed E-state index contributed by atoms with van der Waals surface area (Å²) in [5, 5.41) is 0. The SMILES string of the molecule is c1ccc(-c2sc(C3CCCCC3)c(C3CCCCC3)c2-c2ccccc2)cc1. The van der Waals surface area contributed by atoms with Gasteiger partial charge in [-0.2, -0.15) is 0 Å². The summed E-state index contributed by atoms with van der Waals surface area (Å²) in [5.74, 6) is 1.54. The third kappa shape index (κ3) is 3.94. The minimum absolute atomic E-state index is 0.754. The van der Waals surface area contributed by atoms with Gasteiger partial charge in [0.25, 0.3) is 0 Å². The Balaban J connectivity index is 1.73. The molecule has 150 valence electrons. The molecule has 3 aromatic rings. The number of benzene rings is 2. The van der Waals surface area contributed by atoms with E-state index in [9.17, 15) is 0 Å². The quantitative estimate of drug-likeness (QED) is 0.409. The molecule has 2 aliphatic carbocycles. The molecule has 0 spiro atoms. The van der Waals surface area contributed by atoms with Gasteiger partial charge in [-0.25, -0.2) is 0 Å². The molecule has 1 aromatic heterocycles. The van der Waals surface area contributed by atoms with Gasteiger partial charge < -0.3 is 0 Å². The van der Waals surface area contributed by atoms with Crippen LogP contribution in [0.3, 0.4) is 0 Å². The van der Waals surface area contributed by atoms with E-state index in [0.717, 1.165) is 11.8 Å². The van der Waals surface area contributed by atoms with Gasteiger partial charge in [-0.1, -0.05) is 99.2 Å². The molecule has 1 heterocycles. The lowest BCUT2D eigenvalue weighted by molar-refractivity contribution is 0.424. The van der Waals surface area contributed by atoms with Crippen molar-refractivity contribution >= 4 is 11.3 Å². The van der Waals surface area contributed by atoms with Crippen LogP contribution in [-0.4, -0.2) is 0 Å². The number of rotatable bonds is 4. The molecule has 0 N–H and O–H groups in total. The molecule has 2 fully saturated rings. The summed E-state index contributed by atoms with van der Waals surface area (Å²) < 4.78 is 0. The van der Waals surface area contributed by atoms with Crippen LogP contribution in [0.2, 0.25) is 0 Å². The van der Waals surface area contributed by atoms with Gasteiger partial charge in [0, 0.05) is 15.3 Å². The van der Waals surface area contributed by atoms with Crippen LogP contribution in [0, 0.1) is 0 Å². The zero-order valence-electron chi connectivity index (χ0n) is 17.4. The Bertz CT molecular complexity index is 910. The van der Waals surface area contributed by atoms with E-state index < -0.39 is 0 Å². The van der Waals surface area contributed by atoms with Crippen LogP contribution in [-0.2, 0) is 0 Å². The van der Waals surface area contributed by atoms with Gasteiger partial charge in [-0.3, -0.25) is 0 Å². The maximum Gasteiger partial charge on any atom is 0.0427 e. The Labute approximate surface area is 180 Å². The van der Waals surface area contributed by atoms with Crippen LogP contribution >= 0.6 is 11.3 Å². The Morgan fingerprint density at radius 3 is 1.66 bits per heavy atom. The van der Waals surface area contributed by atoms with Gasteiger partial charge in [-0.15, -0.1) is 11.3 Å². The van der Waals surface area contributed by atoms with Crippen molar-refractivity contribution in [3.8, 4) is 21.6 Å². The molecule has 2 saturated carbocycles. The molecule has 0 saturated heterocycles. The van der Waals surface area contributed by atoms with E-state index >= 15 is 0 Å². The molecule has 0 bridgehead atoms. The van der Waals surface area contributed by atoms with Crippen LogP contribution in [0.15, 0.2) is 60.7 Å². The minimum atomic E-state index is 0.754. The lowest BCUT2D eigenvalue weighted by atomic mass is 9.77. The Morgan fingerprint density at radius 1 is 0.552 bits per heavy atom. The van der Waals surface area contributed by atoms with Crippen molar-refractivity contribution in [2.24, 2.45) is 0 Å². The van der Waals surface area contributed by atoms with Crippen molar-refractivity contribution in [2.45, 2.75) is 76.0 Å². The maximum atomic E-state index is 2.34. The molecule has 0 radical (unpaired) electrons. The van der Waals surface area contributed by atoms with Crippen molar-refractivity contribution in [3.05, 3.63) is 71.1 Å². The van der Waals surface area contributed by atoms with Crippen LogP contribution in [0.4, 0.5) is 0 Å². The van der Waals surface area contributed by atoms with Crippen LogP contribution < -0.4 is 0 Å². The van der Waals surface area contributed by atoms with E-state index in [1.807, 2.05) is 0 Å². The van der Waals surface area contributed by atoms with Crippen molar-refractivity contribution in [1.82, 2.24) is 0 Å². The second-order valence-electron chi connectivity index (χ2n) is 8.99. The Hall–Kier alpha value is -1.86. The van der Waals surface area contributed by atoms with E-state index in [4.69, 9.17) is 0 Å². The third-order valence-corrected chi connectivity index (χ3v) is 8.48. The summed E-state index contributed by atoms with van der Waals surface area (Å²) >= 11 is 2.13. The topological polar surface area (TPSA) is 0 Å². The Kier molecular flexibility index (Phi) is 5.85. The van der Waals surface area contributed by atoms with E-state index in [2.05, 4.69) is 72.0 Å². The van der Waals surface area contributed by atoms with Crippen molar-refractivity contribution < 1.29 is 0 Å². The maximum absolute atomic E-state index is 2.34. The zero-order valence-corrected chi connectivity index (χ0v) is 18.2. The second-order valence-corrected chi connectivity index (χ2v) is 10.0. The molecule has 0 atom stereocenters. The van der Waals surface area contributed by atoms with Crippen molar-refractivity contribution in [1.29, 1.82) is 0 Å². The number of hydrogen-bond donors (Lipinski definition) is 0. The molecule has 5 rings (SSSR count). The largest absolute Gasteiger partial charge is 0.139 e. The van der Waals surface area contributed by atoms with Gasteiger partial charge in [0.15, 0.2) is 0 Å². The minimum Gasteiger partial charge on any atom is -0.139 e. The van der Waals surface area contributed by atoms with E-state index in [1.54, 1.807) is 16.0 Å². The fourth-order valence-corrected chi connectivity index (χ4v) is 7.20. The lowest BCUT2D eigenvalue weighted by Crippen LogP contribution is -2.11. The molecule has 0 amide bonds. The van der Waals surface area contributed by atoms with E-state index in [-0.39, 0.29) is 0 Å². The molecule has 2 aliphatic rings. The molecule has 0 aliphatic heterocycles. The van der Waals surface area contributed by atoms with Crippen LogP contribution in [0.25, 0.3) is 21.6 Å². The highest BCUT2D eigenvalue weighted by Crippen LogP contribution is 2.53. The lowest BCUT2D eigenvalue weighted by Gasteiger charge is -2.28. The van der Waals surface area contributed by atoms with Gasteiger partial charge in [0.05, 0.1) is 0 Å². The first-order valence-electron chi connectivity index (χ1n) is 11.7. The highest BCUT2D eigenvalue weighted by molar-refractivity contribution is 7.16. The first-order valence-corrected chi connectivity index (χ1v) is 12.5. The predicted octanol–water partition coefficient (Wildman–Crippen LogP) is 9.18. The predicted molar refractivity (Wildman–Crippen MR) is 127 cm³/mol. The average Bonchev–Trinajstić information content (AvgIpc) is 3.22. The van der Waals surface area contributed by atoms with E-state index in [0.29, 0.717) is 0 Å². The smallest absolute Gasteiger partial charge is 0.0427 e. The van der Waals surface area contributed by atoms with Crippen molar-refractivity contribution in [2.75, 3.05) is 0 Å². The third-order valence-electron chi connectivity index (χ3n) is 7.06. The molecule has 0 nitrogen and oxygen atoms in total. The number of thiophene rings is 1. The average molecular weight is 401 g/mol. The Morgan fingerprint density at radius 2 is 1.07 bits per heavy atom. The molecule has 1 heteroatoms. The molecule has 0 unspecified atom stereocenters. The first kappa shape index (κ1) is 19.1. The first-order chi connectivity index (χ1) is 14.4. The number of hydrogen-bond acceptors (Lipinski definition) is 1. The summed E-state index contributed by atoms with van der Waals surface area (Å²) in [5.41, 5.74) is 6.13. The molecular weight excluding hydrogens is 368 g/mol. The zero-order chi connectivity index (χ0) is 19.5. The van der Waals surface area contributed by atoms with Crippen molar-refractivity contribution in [3.63, 3.8) is 0 Å². The summed E-state index contributed by atoms with van der Waals surface area (Å²) in [4.78, 5) is 3.26. The summed E-state index contributed by atoms with van der Waals surface area (Å²) in [6, 6.07) is 22.4. The van der Waals surface area contributed by atoms with Crippen LogP contribution in [0.5, 0.6) is 0 Å². The summed E-state index contributed by atoms with van der Waals surface area (Å²) in [6.07, 6.45) is 14.0. The second kappa shape index (κ2) is 8.88. The molecule has 2 aromatic carbocycles. The van der Waals surface area contributed by atoms with Gasteiger partial charge in [-0.05, 0) is 54.2 Å². The monoisotopic (exact) mass is 400 g/mol. The molecule has 29 heavy (non-hydrogen) atoms. The van der Waals surface area contributed by atoms with Crippen LogP contribution in [0.1, 0.15) is 86.5 Å². The fourth-order valence-electron chi connectivity index (χ4n) is 5.61. The fraction of sp³-hybridized carbons (Fsp3) is 0.429. The van der Waals surface area contributed by atoms with Gasteiger partial charge in [0.2, 0.25) is 0 Å². The normalized spacial score (nSPS) is 18.8. The summed E-state index contributed by atoms with van der Waals surface area (Å²) in [7, 11) is 0. The standard InChI is InChI=1S/C28H32S/c1-5-13-21(14-6-1)25-26(22-15-7-2-8-16-22)28(24-19-11-4-12-20-24)29-27(25)23-17-9-3-10-18-23/h1,3,5-6,9-10,13-14,17-18,22,24H,2,4,7-8,11-12,15-16,19-20H2. The highest BCUT2D eigenvalue weighted by atomic mass is 32.1. The van der Waals surface area contributed by atoms with Gasteiger partial charge >= 0.3 is 0 Å². The van der Waals surface area contributed by atoms with Gasteiger partial charge in [0.1, 0.15) is 0 Å². The van der Waals surface area contributed by atoms with E-state index in [1.165, 1.54) is 80.2 Å². The molecular formula is C28H32S. The summed E-state index contributed by atoms with van der Waals surface area (Å²) in [6.45, 7) is 0.